The zero-order valence-electron chi connectivity index (χ0n) is 15.9. The van der Waals surface area contributed by atoms with Gasteiger partial charge in [-0.2, -0.15) is 0 Å². The summed E-state index contributed by atoms with van der Waals surface area (Å²) >= 11 is 0. The van der Waals surface area contributed by atoms with Crippen LogP contribution in [0.4, 0.5) is 0 Å². The molecule has 0 amide bonds. The van der Waals surface area contributed by atoms with Crippen molar-refractivity contribution >= 4 is 0 Å². The van der Waals surface area contributed by atoms with Crippen molar-refractivity contribution in [3.05, 3.63) is 53.9 Å². The van der Waals surface area contributed by atoms with E-state index in [1.165, 1.54) is 24.0 Å². The molecular formula is C22H28N2O3. The molecule has 0 unspecified atom stereocenters. The number of nitrogens with one attached hydrogen (secondary N) is 1. The normalized spacial score (nSPS) is 23.5. The summed E-state index contributed by atoms with van der Waals surface area (Å²) in [6, 6.07) is 10.7. The van der Waals surface area contributed by atoms with Gasteiger partial charge in [-0.25, -0.2) is 0 Å². The molecule has 3 atom stereocenters. The van der Waals surface area contributed by atoms with Gasteiger partial charge in [0, 0.05) is 18.8 Å². The molecule has 27 heavy (non-hydrogen) atoms. The minimum absolute atomic E-state index is 0.505. The SMILES string of the molecule is COc1ccc(COCC[C@H]2C[C@@H]2c2cncc(OC[C@@H]3CCN3)c2)cc1. The molecule has 2 aromatic rings. The molecule has 1 aromatic heterocycles. The summed E-state index contributed by atoms with van der Waals surface area (Å²) in [5.74, 6) is 3.07. The van der Waals surface area contributed by atoms with Gasteiger partial charge in [0.1, 0.15) is 18.1 Å². The molecule has 144 valence electrons. The fourth-order valence-corrected chi connectivity index (χ4v) is 3.53. The second kappa shape index (κ2) is 8.72. The first kappa shape index (κ1) is 18.3. The molecule has 0 radical (unpaired) electrons. The molecule has 2 fully saturated rings. The van der Waals surface area contributed by atoms with Gasteiger partial charge < -0.3 is 19.5 Å². The third-order valence-electron chi connectivity index (χ3n) is 5.52. The van der Waals surface area contributed by atoms with Gasteiger partial charge in [-0.05, 0) is 67.0 Å². The maximum absolute atomic E-state index is 5.87. The van der Waals surface area contributed by atoms with Gasteiger partial charge in [-0.15, -0.1) is 0 Å². The van der Waals surface area contributed by atoms with Crippen molar-refractivity contribution in [2.75, 3.05) is 26.9 Å². The standard InChI is InChI=1S/C22H28N2O3/c1-25-20-4-2-16(3-5-20)14-26-9-7-17-11-22(17)18-10-21(13-23-12-18)27-15-19-6-8-24-19/h2-5,10,12-13,17,19,22,24H,6-9,11,14-15H2,1H3/t17-,19-,22-/m0/s1. The maximum Gasteiger partial charge on any atom is 0.137 e. The van der Waals surface area contributed by atoms with Crippen LogP contribution in [-0.4, -0.2) is 37.9 Å². The van der Waals surface area contributed by atoms with E-state index in [1.54, 1.807) is 7.11 Å². The lowest BCUT2D eigenvalue weighted by Crippen LogP contribution is -2.46. The molecule has 1 aliphatic heterocycles. The molecule has 1 N–H and O–H groups in total. The highest BCUT2D eigenvalue weighted by Gasteiger charge is 2.38. The average Bonchev–Trinajstić information content (AvgIpc) is 3.44. The van der Waals surface area contributed by atoms with Gasteiger partial charge in [0.05, 0.1) is 19.9 Å². The fraction of sp³-hybridized carbons (Fsp3) is 0.500. The Kier molecular flexibility index (Phi) is 5.90. The van der Waals surface area contributed by atoms with E-state index < -0.39 is 0 Å². The largest absolute Gasteiger partial charge is 0.497 e. The second-order valence-corrected chi connectivity index (χ2v) is 7.50. The Morgan fingerprint density at radius 3 is 2.74 bits per heavy atom. The van der Waals surface area contributed by atoms with Crippen LogP contribution in [0.3, 0.4) is 0 Å². The molecule has 1 aliphatic carbocycles. The molecule has 2 aliphatic rings. The first-order valence-electron chi connectivity index (χ1n) is 9.83. The lowest BCUT2D eigenvalue weighted by molar-refractivity contribution is 0.114. The monoisotopic (exact) mass is 368 g/mol. The van der Waals surface area contributed by atoms with Crippen molar-refractivity contribution in [3.63, 3.8) is 0 Å². The van der Waals surface area contributed by atoms with E-state index in [4.69, 9.17) is 14.2 Å². The highest BCUT2D eigenvalue weighted by atomic mass is 16.5. The van der Waals surface area contributed by atoms with E-state index in [-0.39, 0.29) is 0 Å². The molecule has 5 heteroatoms. The lowest BCUT2D eigenvalue weighted by Gasteiger charge is -2.27. The number of benzene rings is 1. The summed E-state index contributed by atoms with van der Waals surface area (Å²) in [7, 11) is 1.68. The fourth-order valence-electron chi connectivity index (χ4n) is 3.53. The Bertz CT molecular complexity index is 731. The van der Waals surface area contributed by atoms with Crippen LogP contribution in [0.15, 0.2) is 42.7 Å². The number of nitrogens with zero attached hydrogens (tertiary/aromatic N) is 1. The number of hydrogen-bond acceptors (Lipinski definition) is 5. The number of ether oxygens (including phenoxy) is 3. The van der Waals surface area contributed by atoms with Crippen LogP contribution in [0, 0.1) is 5.92 Å². The molecule has 1 saturated heterocycles. The average molecular weight is 368 g/mol. The summed E-state index contributed by atoms with van der Waals surface area (Å²) in [5.41, 5.74) is 2.48. The number of methoxy groups -OCH3 is 1. The van der Waals surface area contributed by atoms with Gasteiger partial charge in [0.2, 0.25) is 0 Å². The Labute approximate surface area is 161 Å². The minimum Gasteiger partial charge on any atom is -0.497 e. The molecule has 0 bridgehead atoms. The van der Waals surface area contributed by atoms with Crippen molar-refractivity contribution < 1.29 is 14.2 Å². The molecule has 0 spiro atoms. The van der Waals surface area contributed by atoms with Crippen molar-refractivity contribution in [2.24, 2.45) is 5.92 Å². The second-order valence-electron chi connectivity index (χ2n) is 7.50. The highest BCUT2D eigenvalue weighted by Crippen LogP contribution is 2.49. The van der Waals surface area contributed by atoms with Crippen LogP contribution < -0.4 is 14.8 Å². The van der Waals surface area contributed by atoms with Gasteiger partial charge in [-0.3, -0.25) is 4.98 Å². The van der Waals surface area contributed by atoms with E-state index in [0.717, 1.165) is 37.7 Å². The van der Waals surface area contributed by atoms with Gasteiger partial charge in [0.25, 0.3) is 0 Å². The predicted molar refractivity (Wildman–Crippen MR) is 104 cm³/mol. The Morgan fingerprint density at radius 1 is 1.15 bits per heavy atom. The lowest BCUT2D eigenvalue weighted by atomic mass is 10.1. The van der Waals surface area contributed by atoms with E-state index in [9.17, 15) is 0 Å². The van der Waals surface area contributed by atoms with Gasteiger partial charge >= 0.3 is 0 Å². The minimum atomic E-state index is 0.505. The zero-order chi connectivity index (χ0) is 18.5. The molecule has 5 nitrogen and oxygen atoms in total. The van der Waals surface area contributed by atoms with Gasteiger partial charge in [-0.1, -0.05) is 12.1 Å². The van der Waals surface area contributed by atoms with Crippen LogP contribution in [0.2, 0.25) is 0 Å². The highest BCUT2D eigenvalue weighted by molar-refractivity contribution is 5.30. The summed E-state index contributed by atoms with van der Waals surface area (Å²) < 4.78 is 16.9. The first-order valence-corrected chi connectivity index (χ1v) is 9.83. The molecule has 1 aromatic carbocycles. The third kappa shape index (κ3) is 4.99. The van der Waals surface area contributed by atoms with Crippen LogP contribution >= 0.6 is 0 Å². The van der Waals surface area contributed by atoms with E-state index in [0.29, 0.717) is 24.5 Å². The van der Waals surface area contributed by atoms with E-state index in [1.807, 2.05) is 24.5 Å². The van der Waals surface area contributed by atoms with Crippen molar-refractivity contribution in [3.8, 4) is 11.5 Å². The summed E-state index contributed by atoms with van der Waals surface area (Å²) in [5, 5.41) is 3.35. The number of hydrogen-bond donors (Lipinski definition) is 1. The molecule has 4 rings (SSSR count). The Hall–Kier alpha value is -2.11. The number of pyridine rings is 1. The smallest absolute Gasteiger partial charge is 0.137 e. The Balaban J connectivity index is 1.17. The van der Waals surface area contributed by atoms with Crippen LogP contribution in [0.1, 0.15) is 36.3 Å². The predicted octanol–water partition coefficient (Wildman–Crippen LogP) is 3.54. The third-order valence-corrected chi connectivity index (χ3v) is 5.52. The van der Waals surface area contributed by atoms with Crippen LogP contribution in [0.5, 0.6) is 11.5 Å². The zero-order valence-corrected chi connectivity index (χ0v) is 15.9. The summed E-state index contributed by atoms with van der Waals surface area (Å²) in [6.07, 6.45) is 7.32. The molecular weight excluding hydrogens is 340 g/mol. The van der Waals surface area contributed by atoms with E-state index in [2.05, 4.69) is 28.5 Å². The first-order chi connectivity index (χ1) is 13.3. The van der Waals surface area contributed by atoms with Crippen molar-refractivity contribution in [1.29, 1.82) is 0 Å². The molecule has 1 saturated carbocycles. The summed E-state index contributed by atoms with van der Waals surface area (Å²) in [6.45, 7) is 3.29. The summed E-state index contributed by atoms with van der Waals surface area (Å²) in [4.78, 5) is 4.37. The Morgan fingerprint density at radius 2 is 2.00 bits per heavy atom. The van der Waals surface area contributed by atoms with Gasteiger partial charge in [0.15, 0.2) is 0 Å². The number of rotatable bonds is 10. The van der Waals surface area contributed by atoms with Crippen molar-refractivity contribution in [2.45, 2.75) is 37.8 Å². The quantitative estimate of drug-likeness (QED) is 0.650. The maximum atomic E-state index is 5.87. The van der Waals surface area contributed by atoms with Crippen LogP contribution in [-0.2, 0) is 11.3 Å². The van der Waals surface area contributed by atoms with E-state index >= 15 is 0 Å². The van der Waals surface area contributed by atoms with Crippen LogP contribution in [0.25, 0.3) is 0 Å². The van der Waals surface area contributed by atoms with Crippen molar-refractivity contribution in [1.82, 2.24) is 10.3 Å². The number of aromatic nitrogens is 1. The molecule has 2 heterocycles. The topological polar surface area (TPSA) is 52.6 Å².